The Morgan fingerprint density at radius 3 is 2.50 bits per heavy atom. The largest absolute Gasteiger partial charge is 0.370 e. The van der Waals surface area contributed by atoms with Gasteiger partial charge in [-0.3, -0.25) is 14.4 Å². The fourth-order valence-corrected chi connectivity index (χ4v) is 4.91. The molecule has 1 aromatic carbocycles. The van der Waals surface area contributed by atoms with E-state index < -0.39 is 0 Å². The van der Waals surface area contributed by atoms with Crippen LogP contribution in [-0.4, -0.2) is 33.5 Å². The number of aryl methyl sites for hydroxylation is 1. The highest BCUT2D eigenvalue weighted by Gasteiger charge is 2.59. The first-order valence-electron chi connectivity index (χ1n) is 9.51. The normalized spacial score (nSPS) is 28.2. The van der Waals surface area contributed by atoms with Gasteiger partial charge in [0.05, 0.1) is 18.1 Å². The lowest BCUT2D eigenvalue weighted by atomic mass is 9.85. The minimum absolute atomic E-state index is 0.169. The average molecular weight is 376 g/mol. The number of primary amides is 1. The SMILES string of the molecule is NC(=O)CCn1cc(/C=N\N2C(=O)[C@@H]3[C@H](C2=O)[C@H]2C=C[C@H]3C2)c2ccccc21. The van der Waals surface area contributed by atoms with Gasteiger partial charge in [0.15, 0.2) is 0 Å². The third-order valence-electron chi connectivity index (χ3n) is 6.18. The number of rotatable bonds is 5. The van der Waals surface area contributed by atoms with Gasteiger partial charge in [0.25, 0.3) is 11.8 Å². The van der Waals surface area contributed by atoms with Crippen molar-refractivity contribution in [2.24, 2.45) is 34.5 Å². The highest BCUT2D eigenvalue weighted by Crippen LogP contribution is 2.52. The van der Waals surface area contributed by atoms with Crippen molar-refractivity contribution < 1.29 is 14.4 Å². The maximum Gasteiger partial charge on any atom is 0.254 e. The van der Waals surface area contributed by atoms with Crippen LogP contribution in [0.4, 0.5) is 0 Å². The lowest BCUT2D eigenvalue weighted by molar-refractivity contribution is -0.140. The number of hydrazone groups is 1. The fourth-order valence-electron chi connectivity index (χ4n) is 4.91. The van der Waals surface area contributed by atoms with E-state index in [4.69, 9.17) is 5.73 Å². The third kappa shape index (κ3) is 2.42. The van der Waals surface area contributed by atoms with Gasteiger partial charge in [-0.2, -0.15) is 10.1 Å². The molecule has 142 valence electrons. The molecule has 7 nitrogen and oxygen atoms in total. The van der Waals surface area contributed by atoms with Crippen molar-refractivity contribution in [3.63, 3.8) is 0 Å². The van der Waals surface area contributed by atoms with Crippen molar-refractivity contribution in [1.82, 2.24) is 9.58 Å². The standard InChI is InChI=1S/C21H20N4O3/c22-17(26)7-8-24-11-14(15-3-1-2-4-16(15)24)10-23-25-20(27)18-12-5-6-13(9-12)19(18)21(25)28/h1-6,10-13,18-19H,7-9H2,(H2,22,26)/b23-10-/t12-,13-,18-,19+/m0/s1. The summed E-state index contributed by atoms with van der Waals surface area (Å²) in [4.78, 5) is 36.6. The van der Waals surface area contributed by atoms with Crippen LogP contribution in [0.3, 0.4) is 0 Å². The van der Waals surface area contributed by atoms with E-state index in [-0.39, 0.29) is 47.8 Å². The number of allylic oxidation sites excluding steroid dienone is 2. The number of carbonyl (C=O) groups excluding carboxylic acids is 3. The molecule has 1 saturated heterocycles. The molecule has 1 aromatic heterocycles. The molecule has 0 spiro atoms. The number of hydrogen-bond acceptors (Lipinski definition) is 4. The summed E-state index contributed by atoms with van der Waals surface area (Å²) in [6.07, 6.45) is 8.70. The maximum absolute atomic E-state index is 12.8. The predicted molar refractivity (Wildman–Crippen MR) is 103 cm³/mol. The number of nitrogens with zero attached hydrogens (tertiary/aromatic N) is 3. The van der Waals surface area contributed by atoms with Gasteiger partial charge in [-0.1, -0.05) is 30.4 Å². The minimum atomic E-state index is -0.365. The summed E-state index contributed by atoms with van der Waals surface area (Å²) in [6, 6.07) is 7.73. The number of fused-ring (bicyclic) bond motifs is 6. The molecule has 28 heavy (non-hydrogen) atoms. The van der Waals surface area contributed by atoms with Gasteiger partial charge in [-0.25, -0.2) is 0 Å². The second kappa shape index (κ2) is 6.15. The first kappa shape index (κ1) is 16.9. The summed E-state index contributed by atoms with van der Waals surface area (Å²) in [7, 11) is 0. The van der Waals surface area contributed by atoms with Crippen molar-refractivity contribution in [2.75, 3.05) is 0 Å². The Hall–Kier alpha value is -3.22. The zero-order valence-electron chi connectivity index (χ0n) is 15.2. The van der Waals surface area contributed by atoms with E-state index >= 15 is 0 Å². The third-order valence-corrected chi connectivity index (χ3v) is 6.18. The number of amides is 3. The zero-order chi connectivity index (χ0) is 19.4. The molecule has 5 rings (SSSR count). The van der Waals surface area contributed by atoms with Crippen molar-refractivity contribution in [3.05, 3.63) is 48.2 Å². The molecule has 2 aliphatic carbocycles. The first-order valence-corrected chi connectivity index (χ1v) is 9.51. The molecule has 0 unspecified atom stereocenters. The minimum Gasteiger partial charge on any atom is -0.370 e. The van der Waals surface area contributed by atoms with Crippen molar-refractivity contribution >= 4 is 34.8 Å². The van der Waals surface area contributed by atoms with Crippen LogP contribution in [0.1, 0.15) is 18.4 Å². The van der Waals surface area contributed by atoms with E-state index in [0.717, 1.165) is 27.9 Å². The predicted octanol–water partition coefficient (Wildman–Crippen LogP) is 1.66. The smallest absolute Gasteiger partial charge is 0.254 e. The Bertz CT molecular complexity index is 1040. The number of benzene rings is 1. The lowest BCUT2D eigenvalue weighted by Gasteiger charge is -2.13. The van der Waals surface area contributed by atoms with Gasteiger partial charge in [-0.05, 0) is 24.3 Å². The van der Waals surface area contributed by atoms with Crippen molar-refractivity contribution in [3.8, 4) is 0 Å². The number of carbonyl (C=O) groups is 3. The summed E-state index contributed by atoms with van der Waals surface area (Å²) in [5, 5.41) is 6.26. The first-order chi connectivity index (χ1) is 13.5. The Morgan fingerprint density at radius 2 is 1.82 bits per heavy atom. The van der Waals surface area contributed by atoms with E-state index in [1.54, 1.807) is 6.21 Å². The Morgan fingerprint density at radius 1 is 1.14 bits per heavy atom. The highest BCUT2D eigenvalue weighted by atomic mass is 16.2. The fraction of sp³-hybridized carbons (Fsp3) is 0.333. The monoisotopic (exact) mass is 376 g/mol. The summed E-state index contributed by atoms with van der Waals surface area (Å²) < 4.78 is 1.94. The molecule has 0 radical (unpaired) electrons. The topological polar surface area (TPSA) is 97.8 Å². The number of nitrogens with two attached hydrogens (primary N) is 1. The van der Waals surface area contributed by atoms with Crippen LogP contribution in [-0.2, 0) is 20.9 Å². The zero-order valence-corrected chi connectivity index (χ0v) is 15.2. The lowest BCUT2D eigenvalue weighted by Crippen LogP contribution is -2.28. The average Bonchev–Trinajstić information content (AvgIpc) is 3.42. The van der Waals surface area contributed by atoms with Gasteiger partial charge < -0.3 is 10.3 Å². The Balaban J connectivity index is 1.44. The van der Waals surface area contributed by atoms with Crippen LogP contribution < -0.4 is 5.73 Å². The van der Waals surface area contributed by atoms with E-state index in [1.807, 2.05) is 35.0 Å². The number of aromatic nitrogens is 1. The maximum atomic E-state index is 12.8. The van der Waals surface area contributed by atoms with Crippen LogP contribution in [0.5, 0.6) is 0 Å². The van der Waals surface area contributed by atoms with Crippen LogP contribution >= 0.6 is 0 Å². The number of hydrogen-bond donors (Lipinski definition) is 1. The molecule has 2 fully saturated rings. The van der Waals surface area contributed by atoms with Crippen molar-refractivity contribution in [1.29, 1.82) is 0 Å². The molecule has 2 heterocycles. The molecule has 4 atom stereocenters. The highest BCUT2D eigenvalue weighted by molar-refractivity contribution is 6.07. The molecule has 3 amide bonds. The van der Waals surface area contributed by atoms with Crippen LogP contribution in [0.15, 0.2) is 47.7 Å². The van der Waals surface area contributed by atoms with Gasteiger partial charge in [-0.15, -0.1) is 0 Å². The summed E-state index contributed by atoms with van der Waals surface area (Å²) in [5.41, 5.74) is 7.01. The molecule has 3 aliphatic rings. The molecule has 2 aromatic rings. The summed E-state index contributed by atoms with van der Waals surface area (Å²) >= 11 is 0. The van der Waals surface area contributed by atoms with Crippen LogP contribution in [0.2, 0.25) is 0 Å². The van der Waals surface area contributed by atoms with E-state index in [0.29, 0.717) is 6.54 Å². The molecule has 7 heteroatoms. The summed E-state index contributed by atoms with van der Waals surface area (Å²) in [6.45, 7) is 0.463. The van der Waals surface area contributed by atoms with Crippen LogP contribution in [0.25, 0.3) is 10.9 Å². The van der Waals surface area contributed by atoms with Gasteiger partial charge in [0, 0.05) is 35.6 Å². The molecule has 2 N–H and O–H groups in total. The van der Waals surface area contributed by atoms with Gasteiger partial charge in [0.2, 0.25) is 5.91 Å². The van der Waals surface area contributed by atoms with Crippen molar-refractivity contribution in [2.45, 2.75) is 19.4 Å². The van der Waals surface area contributed by atoms with Crippen LogP contribution in [0, 0.1) is 23.7 Å². The number of imide groups is 1. The summed E-state index contributed by atoms with van der Waals surface area (Å²) in [5.74, 6) is -0.921. The Kier molecular flexibility index (Phi) is 3.72. The van der Waals surface area contributed by atoms with E-state index in [1.165, 1.54) is 0 Å². The quantitative estimate of drug-likeness (QED) is 0.488. The second-order valence-corrected chi connectivity index (χ2v) is 7.74. The number of para-hydroxylation sites is 1. The van der Waals surface area contributed by atoms with E-state index in [9.17, 15) is 14.4 Å². The molecule has 1 aliphatic heterocycles. The second-order valence-electron chi connectivity index (χ2n) is 7.74. The molecular weight excluding hydrogens is 356 g/mol. The van der Waals surface area contributed by atoms with Gasteiger partial charge in [0.1, 0.15) is 0 Å². The molecule has 1 saturated carbocycles. The Labute approximate surface area is 161 Å². The van der Waals surface area contributed by atoms with E-state index in [2.05, 4.69) is 17.3 Å². The molecule has 2 bridgehead atoms. The molecular formula is C21H20N4O3. The van der Waals surface area contributed by atoms with Gasteiger partial charge >= 0.3 is 0 Å².